The second-order valence-electron chi connectivity index (χ2n) is 6.39. The van der Waals surface area contributed by atoms with Crippen LogP contribution in [0.2, 0.25) is 0 Å². The van der Waals surface area contributed by atoms with Crippen LogP contribution in [0.5, 0.6) is 0 Å². The minimum atomic E-state index is 0.128. The molecular formula is C20H24N2O. The Bertz CT molecular complexity index is 628. The van der Waals surface area contributed by atoms with Gasteiger partial charge in [-0.25, -0.2) is 0 Å². The van der Waals surface area contributed by atoms with E-state index in [-0.39, 0.29) is 11.8 Å². The number of piperidine rings is 1. The third-order valence-corrected chi connectivity index (χ3v) is 4.53. The fourth-order valence-electron chi connectivity index (χ4n) is 3.08. The molecule has 0 aromatic heterocycles. The molecule has 0 radical (unpaired) electrons. The van der Waals surface area contributed by atoms with E-state index in [0.29, 0.717) is 0 Å². The number of anilines is 1. The van der Waals surface area contributed by atoms with Gasteiger partial charge >= 0.3 is 0 Å². The number of carbonyl (C=O) groups excluding carboxylic acids is 1. The largest absolute Gasteiger partial charge is 0.326 e. The molecule has 1 fully saturated rings. The summed E-state index contributed by atoms with van der Waals surface area (Å²) in [5.41, 5.74) is 3.44. The second kappa shape index (κ2) is 7.42. The van der Waals surface area contributed by atoms with Crippen LogP contribution >= 0.6 is 0 Å². The van der Waals surface area contributed by atoms with Gasteiger partial charge in [-0.2, -0.15) is 0 Å². The highest BCUT2D eigenvalue weighted by Gasteiger charge is 2.24. The summed E-state index contributed by atoms with van der Waals surface area (Å²) < 4.78 is 0. The van der Waals surface area contributed by atoms with E-state index >= 15 is 0 Å². The molecule has 1 amide bonds. The molecule has 0 atom stereocenters. The molecule has 2 aromatic rings. The van der Waals surface area contributed by atoms with Crippen molar-refractivity contribution in [2.75, 3.05) is 18.4 Å². The van der Waals surface area contributed by atoms with Crippen molar-refractivity contribution in [3.63, 3.8) is 0 Å². The first kappa shape index (κ1) is 15.8. The van der Waals surface area contributed by atoms with Gasteiger partial charge in [0.15, 0.2) is 0 Å². The third-order valence-electron chi connectivity index (χ3n) is 4.53. The summed E-state index contributed by atoms with van der Waals surface area (Å²) >= 11 is 0. The van der Waals surface area contributed by atoms with Gasteiger partial charge in [0.2, 0.25) is 5.91 Å². The van der Waals surface area contributed by atoms with Crippen molar-refractivity contribution in [2.45, 2.75) is 26.3 Å². The van der Waals surface area contributed by atoms with Crippen molar-refractivity contribution < 1.29 is 4.79 Å². The van der Waals surface area contributed by atoms with Gasteiger partial charge in [-0.15, -0.1) is 0 Å². The standard InChI is InChI=1S/C20H24N2O/c1-16-7-9-19(10-8-16)21-20(23)18-11-13-22(14-12-18)15-17-5-3-2-4-6-17/h2-10,18H,11-15H2,1H3,(H,21,23). The molecule has 1 aliphatic rings. The lowest BCUT2D eigenvalue weighted by molar-refractivity contribution is -0.121. The van der Waals surface area contributed by atoms with Crippen molar-refractivity contribution in [3.05, 3.63) is 65.7 Å². The molecule has 3 rings (SSSR count). The average Bonchev–Trinajstić information content (AvgIpc) is 2.58. The van der Waals surface area contributed by atoms with Gasteiger partial charge in [-0.3, -0.25) is 9.69 Å². The number of amides is 1. The number of rotatable bonds is 4. The summed E-state index contributed by atoms with van der Waals surface area (Å²) in [7, 11) is 0. The van der Waals surface area contributed by atoms with Crippen LogP contribution in [-0.2, 0) is 11.3 Å². The summed E-state index contributed by atoms with van der Waals surface area (Å²) in [6.45, 7) is 5.00. The monoisotopic (exact) mass is 308 g/mol. The summed E-state index contributed by atoms with van der Waals surface area (Å²) in [4.78, 5) is 14.8. The molecule has 0 spiro atoms. The molecule has 120 valence electrons. The first-order chi connectivity index (χ1) is 11.2. The Labute approximate surface area is 138 Å². The highest BCUT2D eigenvalue weighted by atomic mass is 16.1. The summed E-state index contributed by atoms with van der Waals surface area (Å²) in [5, 5.41) is 3.05. The summed E-state index contributed by atoms with van der Waals surface area (Å²) in [6.07, 6.45) is 1.87. The van der Waals surface area contributed by atoms with Crippen LogP contribution in [0, 0.1) is 12.8 Å². The first-order valence-corrected chi connectivity index (χ1v) is 8.34. The molecule has 1 saturated heterocycles. The van der Waals surface area contributed by atoms with Crippen molar-refractivity contribution in [1.82, 2.24) is 4.90 Å². The van der Waals surface area contributed by atoms with Crippen LogP contribution in [0.1, 0.15) is 24.0 Å². The first-order valence-electron chi connectivity index (χ1n) is 8.34. The Balaban J connectivity index is 1.48. The van der Waals surface area contributed by atoms with Crippen molar-refractivity contribution in [1.29, 1.82) is 0 Å². The minimum Gasteiger partial charge on any atom is -0.326 e. The predicted octanol–water partition coefficient (Wildman–Crippen LogP) is 3.85. The number of hydrogen-bond acceptors (Lipinski definition) is 2. The average molecular weight is 308 g/mol. The maximum absolute atomic E-state index is 12.4. The van der Waals surface area contributed by atoms with Gasteiger partial charge < -0.3 is 5.32 Å². The Morgan fingerprint density at radius 3 is 2.35 bits per heavy atom. The molecule has 1 aliphatic heterocycles. The van der Waals surface area contributed by atoms with E-state index in [4.69, 9.17) is 0 Å². The number of nitrogens with one attached hydrogen (secondary N) is 1. The second-order valence-corrected chi connectivity index (χ2v) is 6.39. The van der Waals surface area contributed by atoms with Crippen molar-refractivity contribution >= 4 is 11.6 Å². The number of nitrogens with zero attached hydrogens (tertiary/aromatic N) is 1. The Morgan fingerprint density at radius 1 is 1.04 bits per heavy atom. The topological polar surface area (TPSA) is 32.3 Å². The van der Waals surface area contributed by atoms with E-state index < -0.39 is 0 Å². The van der Waals surface area contributed by atoms with Crippen LogP contribution in [0.25, 0.3) is 0 Å². The van der Waals surface area contributed by atoms with Gasteiger partial charge in [0.25, 0.3) is 0 Å². The highest BCUT2D eigenvalue weighted by Crippen LogP contribution is 2.21. The van der Waals surface area contributed by atoms with E-state index in [1.54, 1.807) is 0 Å². The van der Waals surface area contributed by atoms with E-state index in [9.17, 15) is 4.79 Å². The number of hydrogen-bond donors (Lipinski definition) is 1. The molecule has 0 bridgehead atoms. The fourth-order valence-corrected chi connectivity index (χ4v) is 3.08. The quantitative estimate of drug-likeness (QED) is 0.930. The zero-order valence-corrected chi connectivity index (χ0v) is 13.7. The number of carbonyl (C=O) groups is 1. The van der Waals surface area contributed by atoms with Crippen LogP contribution in [0.15, 0.2) is 54.6 Å². The Hall–Kier alpha value is -2.13. The van der Waals surface area contributed by atoms with E-state index in [1.165, 1.54) is 11.1 Å². The lowest BCUT2D eigenvalue weighted by Crippen LogP contribution is -2.37. The lowest BCUT2D eigenvalue weighted by Gasteiger charge is -2.31. The Morgan fingerprint density at radius 2 is 1.70 bits per heavy atom. The molecule has 0 unspecified atom stereocenters. The molecule has 23 heavy (non-hydrogen) atoms. The molecule has 0 aliphatic carbocycles. The van der Waals surface area contributed by atoms with Gasteiger partial charge in [0.05, 0.1) is 0 Å². The zero-order chi connectivity index (χ0) is 16.1. The van der Waals surface area contributed by atoms with Crippen LogP contribution in [0.3, 0.4) is 0 Å². The van der Waals surface area contributed by atoms with Crippen LogP contribution < -0.4 is 5.32 Å². The van der Waals surface area contributed by atoms with E-state index in [1.807, 2.05) is 37.3 Å². The smallest absolute Gasteiger partial charge is 0.227 e. The molecule has 1 heterocycles. The molecule has 0 saturated carbocycles. The fraction of sp³-hybridized carbons (Fsp3) is 0.350. The maximum atomic E-state index is 12.4. The van der Waals surface area contributed by atoms with Gasteiger partial charge in [-0.05, 0) is 50.6 Å². The normalized spacial score (nSPS) is 16.2. The number of benzene rings is 2. The SMILES string of the molecule is Cc1ccc(NC(=O)C2CCN(Cc3ccccc3)CC2)cc1. The predicted molar refractivity (Wildman–Crippen MR) is 94.3 cm³/mol. The van der Waals surface area contributed by atoms with Crippen molar-refractivity contribution in [2.24, 2.45) is 5.92 Å². The molecule has 2 aromatic carbocycles. The van der Waals surface area contributed by atoms with Crippen LogP contribution in [-0.4, -0.2) is 23.9 Å². The van der Waals surface area contributed by atoms with E-state index in [0.717, 1.165) is 38.2 Å². The van der Waals surface area contributed by atoms with Gasteiger partial charge in [0, 0.05) is 18.2 Å². The zero-order valence-electron chi connectivity index (χ0n) is 13.7. The maximum Gasteiger partial charge on any atom is 0.227 e. The van der Waals surface area contributed by atoms with Crippen molar-refractivity contribution in [3.8, 4) is 0 Å². The Kier molecular flexibility index (Phi) is 5.09. The summed E-state index contributed by atoms with van der Waals surface area (Å²) in [6, 6.07) is 18.5. The molecular weight excluding hydrogens is 284 g/mol. The van der Waals surface area contributed by atoms with E-state index in [2.05, 4.69) is 34.5 Å². The van der Waals surface area contributed by atoms with Gasteiger partial charge in [-0.1, -0.05) is 48.0 Å². The molecule has 1 N–H and O–H groups in total. The van der Waals surface area contributed by atoms with Crippen LogP contribution in [0.4, 0.5) is 5.69 Å². The molecule has 3 nitrogen and oxygen atoms in total. The highest BCUT2D eigenvalue weighted by molar-refractivity contribution is 5.92. The number of likely N-dealkylation sites (tertiary alicyclic amines) is 1. The molecule has 3 heteroatoms. The van der Waals surface area contributed by atoms with Gasteiger partial charge in [0.1, 0.15) is 0 Å². The minimum absolute atomic E-state index is 0.128. The number of aryl methyl sites for hydroxylation is 1. The lowest BCUT2D eigenvalue weighted by atomic mass is 9.95. The summed E-state index contributed by atoms with van der Waals surface area (Å²) in [5.74, 6) is 0.288. The third kappa shape index (κ3) is 4.42.